The minimum absolute atomic E-state index is 0.412. The third-order valence-corrected chi connectivity index (χ3v) is 3.46. The van der Waals surface area contributed by atoms with Gasteiger partial charge in [-0.25, -0.2) is 0 Å². The van der Waals surface area contributed by atoms with Gasteiger partial charge in [0.05, 0.1) is 7.11 Å². The Labute approximate surface area is 132 Å². The van der Waals surface area contributed by atoms with E-state index in [9.17, 15) is 4.79 Å². The number of rotatable bonds is 5. The minimum atomic E-state index is -0.645. The van der Waals surface area contributed by atoms with Crippen LogP contribution in [0.2, 0.25) is 0 Å². The van der Waals surface area contributed by atoms with Crippen molar-refractivity contribution in [1.82, 2.24) is 0 Å². The number of benzene rings is 2. The molecule has 0 saturated heterocycles. The van der Waals surface area contributed by atoms with E-state index in [-0.39, 0.29) is 0 Å². The fourth-order valence-corrected chi connectivity index (χ4v) is 2.09. The Kier molecular flexibility index (Phi) is 5.36. The Hall–Kier alpha value is -1.85. The summed E-state index contributed by atoms with van der Waals surface area (Å²) in [7, 11) is 1.33. The van der Waals surface area contributed by atoms with Gasteiger partial charge in [-0.05, 0) is 48.4 Å². The second kappa shape index (κ2) is 7.24. The lowest BCUT2D eigenvalue weighted by Crippen LogP contribution is -2.33. The number of esters is 1. The van der Waals surface area contributed by atoms with Crippen molar-refractivity contribution < 1.29 is 14.3 Å². The Bertz CT molecular complexity index is 596. The van der Waals surface area contributed by atoms with E-state index in [1.54, 1.807) is 0 Å². The van der Waals surface area contributed by atoms with Gasteiger partial charge in [0.15, 0.2) is 0 Å². The van der Waals surface area contributed by atoms with Gasteiger partial charge in [0.25, 0.3) is 0 Å². The predicted molar refractivity (Wildman–Crippen MR) is 84.4 cm³/mol. The molecule has 0 heterocycles. The van der Waals surface area contributed by atoms with Gasteiger partial charge in [-0.15, -0.1) is 0 Å². The molecule has 0 fully saturated rings. The molecule has 110 valence electrons. The Morgan fingerprint density at radius 1 is 1.10 bits per heavy atom. The molecular formula is C16H16BrNO3. The van der Waals surface area contributed by atoms with E-state index in [1.165, 1.54) is 7.11 Å². The van der Waals surface area contributed by atoms with E-state index >= 15 is 0 Å². The largest absolute Gasteiger partial charge is 0.468 e. The molecule has 1 atom stereocenters. The van der Waals surface area contributed by atoms with Crippen LogP contribution >= 0.6 is 15.9 Å². The molecule has 5 heteroatoms. The van der Waals surface area contributed by atoms with Crippen LogP contribution in [0.25, 0.3) is 0 Å². The molecule has 0 aliphatic rings. The molecule has 1 unspecified atom stereocenters. The molecule has 0 aromatic heterocycles. The Balaban J connectivity index is 1.98. The van der Waals surface area contributed by atoms with Crippen LogP contribution in [0.1, 0.15) is 5.56 Å². The molecule has 4 nitrogen and oxygen atoms in total. The maximum atomic E-state index is 11.3. The highest BCUT2D eigenvalue weighted by molar-refractivity contribution is 9.10. The van der Waals surface area contributed by atoms with Crippen molar-refractivity contribution in [3.05, 3.63) is 58.6 Å². The average Bonchev–Trinajstić information content (AvgIpc) is 2.50. The maximum absolute atomic E-state index is 11.3. The van der Waals surface area contributed by atoms with Crippen LogP contribution in [0, 0.1) is 0 Å². The van der Waals surface area contributed by atoms with Crippen LogP contribution in [0.15, 0.2) is 53.0 Å². The van der Waals surface area contributed by atoms with Crippen molar-refractivity contribution in [3.8, 4) is 11.5 Å². The first-order valence-corrected chi connectivity index (χ1v) is 7.23. The highest BCUT2D eigenvalue weighted by Gasteiger charge is 2.14. The first kappa shape index (κ1) is 15.5. The first-order valence-electron chi connectivity index (χ1n) is 6.44. The molecule has 0 radical (unpaired) electrons. The van der Waals surface area contributed by atoms with E-state index < -0.39 is 12.0 Å². The summed E-state index contributed by atoms with van der Waals surface area (Å²) in [6, 6.07) is 14.4. The lowest BCUT2D eigenvalue weighted by atomic mass is 10.1. The van der Waals surface area contributed by atoms with Crippen LogP contribution in [0.3, 0.4) is 0 Å². The normalized spacial score (nSPS) is 11.8. The lowest BCUT2D eigenvalue weighted by Gasteiger charge is -2.10. The molecule has 2 rings (SSSR count). The van der Waals surface area contributed by atoms with Crippen molar-refractivity contribution in [1.29, 1.82) is 0 Å². The maximum Gasteiger partial charge on any atom is 0.322 e. The van der Waals surface area contributed by atoms with Gasteiger partial charge in [-0.2, -0.15) is 0 Å². The third-order valence-electron chi connectivity index (χ3n) is 2.93. The molecule has 2 aromatic rings. The number of methoxy groups -OCH3 is 1. The molecule has 0 saturated carbocycles. The molecule has 2 aromatic carbocycles. The van der Waals surface area contributed by atoms with Gasteiger partial charge >= 0.3 is 5.97 Å². The van der Waals surface area contributed by atoms with E-state index in [2.05, 4.69) is 20.7 Å². The second-order valence-electron chi connectivity index (χ2n) is 4.53. The van der Waals surface area contributed by atoms with Gasteiger partial charge in [-0.1, -0.05) is 28.1 Å². The summed E-state index contributed by atoms with van der Waals surface area (Å²) in [5.41, 5.74) is 6.68. The molecule has 0 aliphatic carbocycles. The van der Waals surface area contributed by atoms with Crippen LogP contribution in [-0.2, 0) is 16.0 Å². The van der Waals surface area contributed by atoms with Gasteiger partial charge in [0.1, 0.15) is 17.5 Å². The Morgan fingerprint density at radius 2 is 1.62 bits per heavy atom. The average molecular weight is 350 g/mol. The lowest BCUT2D eigenvalue weighted by molar-refractivity contribution is -0.142. The van der Waals surface area contributed by atoms with Crippen molar-refractivity contribution >= 4 is 21.9 Å². The van der Waals surface area contributed by atoms with Crippen LogP contribution in [-0.4, -0.2) is 19.1 Å². The third kappa shape index (κ3) is 4.58. The van der Waals surface area contributed by atoms with Crippen molar-refractivity contribution in [3.63, 3.8) is 0 Å². The number of hydrogen-bond donors (Lipinski definition) is 1. The molecule has 0 amide bonds. The molecule has 21 heavy (non-hydrogen) atoms. The highest BCUT2D eigenvalue weighted by atomic mass is 79.9. The molecule has 0 spiro atoms. The van der Waals surface area contributed by atoms with E-state index in [0.717, 1.165) is 21.5 Å². The monoisotopic (exact) mass is 349 g/mol. The van der Waals surface area contributed by atoms with Crippen molar-refractivity contribution in [2.75, 3.05) is 7.11 Å². The zero-order valence-electron chi connectivity index (χ0n) is 11.6. The molecule has 0 bridgehead atoms. The van der Waals surface area contributed by atoms with E-state index in [4.69, 9.17) is 10.5 Å². The van der Waals surface area contributed by atoms with Crippen LogP contribution in [0.4, 0.5) is 0 Å². The minimum Gasteiger partial charge on any atom is -0.468 e. The topological polar surface area (TPSA) is 61.5 Å². The van der Waals surface area contributed by atoms with E-state index in [0.29, 0.717) is 6.42 Å². The summed E-state index contributed by atoms with van der Waals surface area (Å²) in [5, 5.41) is 0. The Morgan fingerprint density at radius 3 is 2.14 bits per heavy atom. The standard InChI is InChI=1S/C16H16BrNO3/c1-20-16(19)15(18)10-11-2-6-13(7-3-11)21-14-8-4-12(17)5-9-14/h2-9,15H,10,18H2,1H3. The summed E-state index contributed by atoms with van der Waals surface area (Å²) in [5.74, 6) is 1.08. The van der Waals surface area contributed by atoms with Crippen LogP contribution in [0.5, 0.6) is 11.5 Å². The zero-order valence-corrected chi connectivity index (χ0v) is 13.2. The van der Waals surface area contributed by atoms with Crippen molar-refractivity contribution in [2.45, 2.75) is 12.5 Å². The smallest absolute Gasteiger partial charge is 0.322 e. The van der Waals surface area contributed by atoms with Crippen molar-refractivity contribution in [2.24, 2.45) is 5.73 Å². The SMILES string of the molecule is COC(=O)C(N)Cc1ccc(Oc2ccc(Br)cc2)cc1. The number of carbonyl (C=O) groups is 1. The number of nitrogens with two attached hydrogens (primary N) is 1. The van der Waals surface area contributed by atoms with Crippen LogP contribution < -0.4 is 10.5 Å². The number of carbonyl (C=O) groups excluding carboxylic acids is 1. The number of hydrogen-bond acceptors (Lipinski definition) is 4. The summed E-state index contributed by atoms with van der Waals surface area (Å²) in [4.78, 5) is 11.3. The fourth-order valence-electron chi connectivity index (χ4n) is 1.82. The van der Waals surface area contributed by atoms with Gasteiger partial charge in [0.2, 0.25) is 0 Å². The van der Waals surface area contributed by atoms with Gasteiger partial charge in [0, 0.05) is 4.47 Å². The van der Waals surface area contributed by atoms with Gasteiger partial charge in [-0.3, -0.25) is 4.79 Å². The summed E-state index contributed by atoms with van der Waals surface area (Å²) in [6.45, 7) is 0. The first-order chi connectivity index (χ1) is 10.1. The number of halogens is 1. The molecular weight excluding hydrogens is 334 g/mol. The fraction of sp³-hybridized carbons (Fsp3) is 0.188. The molecule has 0 aliphatic heterocycles. The quantitative estimate of drug-likeness (QED) is 0.841. The summed E-state index contributed by atoms with van der Waals surface area (Å²) < 4.78 is 11.3. The molecule has 2 N–H and O–H groups in total. The predicted octanol–water partition coefficient (Wildman–Crippen LogP) is 3.28. The van der Waals surface area contributed by atoms with E-state index in [1.807, 2.05) is 48.5 Å². The summed E-state index contributed by atoms with van der Waals surface area (Å²) in [6.07, 6.45) is 0.436. The second-order valence-corrected chi connectivity index (χ2v) is 5.45. The number of ether oxygens (including phenoxy) is 2. The van der Waals surface area contributed by atoms with Gasteiger partial charge < -0.3 is 15.2 Å². The summed E-state index contributed by atoms with van der Waals surface area (Å²) >= 11 is 3.38. The highest BCUT2D eigenvalue weighted by Crippen LogP contribution is 2.23. The zero-order chi connectivity index (χ0) is 15.2.